The number of esters is 1. The maximum Gasteiger partial charge on any atom is 0.362 e. The molecular weight excluding hydrogens is 333 g/mol. The summed E-state index contributed by atoms with van der Waals surface area (Å²) in [7, 11) is 0. The van der Waals surface area contributed by atoms with Crippen LogP contribution < -0.4 is 5.73 Å². The van der Waals surface area contributed by atoms with Crippen LogP contribution in [0.4, 0.5) is 5.69 Å². The van der Waals surface area contributed by atoms with Gasteiger partial charge in [-0.05, 0) is 26.0 Å². The van der Waals surface area contributed by atoms with Crippen LogP contribution in [0, 0.1) is 0 Å². The smallest absolute Gasteiger partial charge is 0.362 e. The van der Waals surface area contributed by atoms with Gasteiger partial charge < -0.3 is 15.6 Å². The van der Waals surface area contributed by atoms with Gasteiger partial charge >= 0.3 is 5.97 Å². The number of hydrogen-bond acceptors (Lipinski definition) is 6. The van der Waals surface area contributed by atoms with Crippen LogP contribution >= 0.6 is 23.2 Å². The molecule has 1 rings (SSSR count). The molecule has 0 bridgehead atoms. The predicted octanol–water partition coefficient (Wildman–Crippen LogP) is 3.53. The minimum absolute atomic E-state index is 0.00222. The van der Waals surface area contributed by atoms with Crippen molar-refractivity contribution in [2.24, 2.45) is 16.0 Å². The van der Waals surface area contributed by atoms with Gasteiger partial charge in [-0.2, -0.15) is 0 Å². The number of ether oxygens (including phenoxy) is 1. The molecule has 1 aromatic rings. The first-order valence-electron chi connectivity index (χ1n) is 6.05. The van der Waals surface area contributed by atoms with Gasteiger partial charge in [0.1, 0.15) is 11.4 Å². The van der Waals surface area contributed by atoms with E-state index in [1.54, 1.807) is 6.92 Å². The minimum Gasteiger partial charge on any atom is -0.510 e. The molecule has 0 aliphatic heterocycles. The van der Waals surface area contributed by atoms with Crippen molar-refractivity contribution in [2.45, 2.75) is 13.8 Å². The van der Waals surface area contributed by atoms with Crippen molar-refractivity contribution in [2.75, 3.05) is 6.61 Å². The number of aliphatic hydroxyl groups is 1. The molecule has 3 N–H and O–H groups in total. The van der Waals surface area contributed by atoms with Gasteiger partial charge in [0.25, 0.3) is 0 Å². The van der Waals surface area contributed by atoms with Crippen LogP contribution in [-0.4, -0.2) is 23.6 Å². The summed E-state index contributed by atoms with van der Waals surface area (Å²) in [6.45, 7) is 2.97. The highest BCUT2D eigenvalue weighted by Crippen LogP contribution is 2.32. The number of primary amides is 1. The Morgan fingerprint density at radius 2 is 1.95 bits per heavy atom. The van der Waals surface area contributed by atoms with Gasteiger partial charge in [0.05, 0.1) is 22.2 Å². The zero-order chi connectivity index (χ0) is 16.9. The Kier molecular flexibility index (Phi) is 6.33. The summed E-state index contributed by atoms with van der Waals surface area (Å²) in [5, 5.41) is 16.9. The third-order valence-corrected chi connectivity index (χ3v) is 2.99. The maximum atomic E-state index is 11.6. The number of hydrogen-bond donors (Lipinski definition) is 2. The molecule has 0 unspecified atom stereocenters. The summed E-state index contributed by atoms with van der Waals surface area (Å²) < 4.78 is 4.73. The second kappa shape index (κ2) is 7.77. The van der Waals surface area contributed by atoms with Crippen LogP contribution in [0.15, 0.2) is 33.8 Å². The topological polar surface area (TPSA) is 114 Å². The number of nitrogens with zero attached hydrogens (tertiary/aromatic N) is 2. The Morgan fingerprint density at radius 3 is 2.45 bits per heavy atom. The zero-order valence-corrected chi connectivity index (χ0v) is 13.3. The van der Waals surface area contributed by atoms with E-state index in [1.165, 1.54) is 19.1 Å². The monoisotopic (exact) mass is 345 g/mol. The average Bonchev–Trinajstić information content (AvgIpc) is 2.40. The first-order chi connectivity index (χ1) is 10.3. The van der Waals surface area contributed by atoms with Crippen molar-refractivity contribution in [1.82, 2.24) is 0 Å². The van der Waals surface area contributed by atoms with Crippen LogP contribution in [0.1, 0.15) is 24.2 Å². The van der Waals surface area contributed by atoms with Gasteiger partial charge in [-0.25, -0.2) is 4.79 Å². The Labute approximate surface area is 136 Å². The first-order valence-corrected chi connectivity index (χ1v) is 6.81. The lowest BCUT2D eigenvalue weighted by Gasteiger charge is -2.04. The standard InChI is InChI=1S/C13H13Cl2N3O4/c1-3-22-13(21)11(6(2)19)18-17-10-4-7(12(16)20)8(14)5-9(10)15/h4-5,19H,3H2,1-2H3,(H2,16,20). The lowest BCUT2D eigenvalue weighted by atomic mass is 10.2. The van der Waals surface area contributed by atoms with E-state index in [-0.39, 0.29) is 39.4 Å². The third kappa shape index (κ3) is 4.44. The number of halogens is 2. The highest BCUT2D eigenvalue weighted by atomic mass is 35.5. The molecule has 0 heterocycles. The first kappa shape index (κ1) is 17.9. The van der Waals surface area contributed by atoms with Crippen LogP contribution in [0.25, 0.3) is 0 Å². The quantitative estimate of drug-likeness (QED) is 0.367. The lowest BCUT2D eigenvalue weighted by Crippen LogP contribution is -2.11. The van der Waals surface area contributed by atoms with Gasteiger partial charge in [-0.3, -0.25) is 4.79 Å². The van der Waals surface area contributed by atoms with E-state index in [0.717, 1.165) is 0 Å². The fourth-order valence-electron chi connectivity index (χ4n) is 1.37. The molecule has 22 heavy (non-hydrogen) atoms. The van der Waals surface area contributed by atoms with Crippen LogP contribution in [0.5, 0.6) is 0 Å². The molecule has 0 fully saturated rings. The third-order valence-electron chi connectivity index (χ3n) is 2.37. The zero-order valence-electron chi connectivity index (χ0n) is 11.8. The number of rotatable bonds is 5. The Bertz CT molecular complexity index is 667. The van der Waals surface area contributed by atoms with Crippen LogP contribution in [0.2, 0.25) is 10.0 Å². The lowest BCUT2D eigenvalue weighted by molar-refractivity contribution is -0.138. The molecule has 1 amide bonds. The summed E-state index contributed by atoms with van der Waals surface area (Å²) in [4.78, 5) is 22.8. The molecule has 0 aliphatic rings. The van der Waals surface area contributed by atoms with E-state index in [1.807, 2.05) is 0 Å². The number of aliphatic hydroxyl groups excluding tert-OH is 1. The van der Waals surface area contributed by atoms with E-state index in [4.69, 9.17) is 33.7 Å². The van der Waals surface area contributed by atoms with Crippen molar-refractivity contribution in [3.63, 3.8) is 0 Å². The molecule has 7 nitrogen and oxygen atoms in total. The van der Waals surface area contributed by atoms with E-state index in [0.29, 0.717) is 0 Å². The van der Waals surface area contributed by atoms with E-state index < -0.39 is 11.9 Å². The second-order valence-electron chi connectivity index (χ2n) is 4.00. The van der Waals surface area contributed by atoms with Crippen molar-refractivity contribution < 1.29 is 19.4 Å². The van der Waals surface area contributed by atoms with Crippen LogP contribution in [-0.2, 0) is 9.53 Å². The molecular formula is C13H13Cl2N3O4. The van der Waals surface area contributed by atoms with E-state index in [2.05, 4.69) is 10.2 Å². The summed E-state index contributed by atoms with van der Waals surface area (Å²) in [6.07, 6.45) is 0. The van der Waals surface area contributed by atoms with Crippen molar-refractivity contribution in [3.8, 4) is 0 Å². The van der Waals surface area contributed by atoms with E-state index in [9.17, 15) is 14.7 Å². The molecule has 1 aromatic carbocycles. The maximum absolute atomic E-state index is 11.6. The largest absolute Gasteiger partial charge is 0.510 e. The van der Waals surface area contributed by atoms with Crippen molar-refractivity contribution >= 4 is 40.8 Å². The fourth-order valence-corrected chi connectivity index (χ4v) is 1.88. The summed E-state index contributed by atoms with van der Waals surface area (Å²) >= 11 is 11.7. The van der Waals surface area contributed by atoms with Crippen molar-refractivity contribution in [3.05, 3.63) is 39.2 Å². The number of amides is 1. The molecule has 0 radical (unpaired) electrons. The Balaban J connectivity index is 3.22. The summed E-state index contributed by atoms with van der Waals surface area (Å²) in [5.41, 5.74) is 4.84. The second-order valence-corrected chi connectivity index (χ2v) is 4.82. The van der Waals surface area contributed by atoms with Gasteiger partial charge in [0.15, 0.2) is 0 Å². The number of carbonyl (C=O) groups is 2. The average molecular weight is 346 g/mol. The molecule has 0 spiro atoms. The number of carbonyl (C=O) groups excluding carboxylic acids is 2. The molecule has 0 aromatic heterocycles. The molecule has 0 aliphatic carbocycles. The van der Waals surface area contributed by atoms with Crippen LogP contribution in [0.3, 0.4) is 0 Å². The molecule has 0 saturated carbocycles. The molecule has 9 heteroatoms. The minimum atomic E-state index is -0.841. The SMILES string of the molecule is CCOC(=O)C(N=Nc1cc(C(N)=O)c(Cl)cc1Cl)=C(C)O. The Morgan fingerprint density at radius 1 is 1.32 bits per heavy atom. The number of benzene rings is 1. The highest BCUT2D eigenvalue weighted by molar-refractivity contribution is 6.38. The van der Waals surface area contributed by atoms with Gasteiger partial charge in [-0.15, -0.1) is 10.2 Å². The molecule has 0 saturated heterocycles. The highest BCUT2D eigenvalue weighted by Gasteiger charge is 2.15. The fraction of sp³-hybridized carbons (Fsp3) is 0.231. The van der Waals surface area contributed by atoms with Gasteiger partial charge in [0.2, 0.25) is 11.6 Å². The predicted molar refractivity (Wildman–Crippen MR) is 81.5 cm³/mol. The number of allylic oxidation sites excluding steroid dienone is 1. The number of nitrogens with two attached hydrogens (primary N) is 1. The van der Waals surface area contributed by atoms with E-state index >= 15 is 0 Å². The normalized spacial score (nSPS) is 12.2. The van der Waals surface area contributed by atoms with Crippen molar-refractivity contribution in [1.29, 1.82) is 0 Å². The Hall–Kier alpha value is -2.12. The van der Waals surface area contributed by atoms with Gasteiger partial charge in [0, 0.05) is 0 Å². The molecule has 118 valence electrons. The molecule has 0 atom stereocenters. The summed E-state index contributed by atoms with van der Waals surface area (Å²) in [6, 6.07) is 2.50. The summed E-state index contributed by atoms with van der Waals surface area (Å²) in [5.74, 6) is -1.98. The van der Waals surface area contributed by atoms with Gasteiger partial charge in [-0.1, -0.05) is 23.2 Å². The number of azo groups is 1.